The molecule has 0 amide bonds. The van der Waals surface area contributed by atoms with Crippen LogP contribution in [0.5, 0.6) is 0 Å². The zero-order chi connectivity index (χ0) is 15.8. The highest BCUT2D eigenvalue weighted by atomic mass is 35.5. The number of halogens is 1. The van der Waals surface area contributed by atoms with Crippen molar-refractivity contribution < 1.29 is 9.63 Å². The lowest BCUT2D eigenvalue weighted by Gasteiger charge is -2.36. The number of β-amino-alcohol motifs (C(OH)–C–C–N with tert-alkyl or cyclic N) is 1. The van der Waals surface area contributed by atoms with Gasteiger partial charge in [0.2, 0.25) is 5.82 Å². The van der Waals surface area contributed by atoms with E-state index in [-0.39, 0.29) is 6.10 Å². The Hall–Kier alpha value is -2.44. The Morgan fingerprint density at radius 2 is 2.04 bits per heavy atom. The quantitative estimate of drug-likeness (QED) is 0.796. The summed E-state index contributed by atoms with van der Waals surface area (Å²) in [5, 5.41) is 13.9. The Balaban J connectivity index is 1.57. The molecule has 4 rings (SSSR count). The molecule has 3 heterocycles. The van der Waals surface area contributed by atoms with E-state index in [1.54, 1.807) is 18.3 Å². The summed E-state index contributed by atoms with van der Waals surface area (Å²) < 4.78 is 5.30. The van der Waals surface area contributed by atoms with E-state index in [9.17, 15) is 5.11 Å². The molecular formula is C16H13ClN4O2. The molecule has 1 aromatic carbocycles. The van der Waals surface area contributed by atoms with E-state index in [1.807, 2.05) is 29.2 Å². The van der Waals surface area contributed by atoms with Gasteiger partial charge in [-0.3, -0.25) is 0 Å². The lowest BCUT2D eigenvalue weighted by molar-refractivity contribution is 0.141. The lowest BCUT2D eigenvalue weighted by Crippen LogP contribution is -2.51. The van der Waals surface area contributed by atoms with Crippen LogP contribution in [0.3, 0.4) is 0 Å². The van der Waals surface area contributed by atoms with E-state index in [0.717, 1.165) is 16.9 Å². The number of aromatic nitrogens is 3. The summed E-state index contributed by atoms with van der Waals surface area (Å²) in [7, 11) is 0. The second kappa shape index (κ2) is 5.64. The Labute approximate surface area is 137 Å². The van der Waals surface area contributed by atoms with Crippen molar-refractivity contribution in [1.29, 1.82) is 0 Å². The Bertz CT molecular complexity index is 828. The van der Waals surface area contributed by atoms with E-state index >= 15 is 0 Å². The van der Waals surface area contributed by atoms with E-state index < -0.39 is 0 Å². The van der Waals surface area contributed by atoms with Gasteiger partial charge in [-0.25, -0.2) is 4.98 Å². The lowest BCUT2D eigenvalue weighted by atomic mass is 10.1. The van der Waals surface area contributed by atoms with Gasteiger partial charge in [0.25, 0.3) is 5.89 Å². The molecule has 0 atom stereocenters. The number of hydrogen-bond donors (Lipinski definition) is 1. The predicted molar refractivity (Wildman–Crippen MR) is 86.2 cm³/mol. The Kier molecular flexibility index (Phi) is 3.48. The summed E-state index contributed by atoms with van der Waals surface area (Å²) in [6.07, 6.45) is 1.43. The van der Waals surface area contributed by atoms with Crippen LogP contribution >= 0.6 is 11.6 Å². The van der Waals surface area contributed by atoms with Gasteiger partial charge in [0, 0.05) is 29.9 Å². The molecule has 0 radical (unpaired) electrons. The first-order valence-electron chi connectivity index (χ1n) is 7.18. The third kappa shape index (κ3) is 2.78. The first-order chi connectivity index (χ1) is 11.2. The number of hydrogen-bond acceptors (Lipinski definition) is 6. The van der Waals surface area contributed by atoms with Crippen molar-refractivity contribution in [1.82, 2.24) is 15.1 Å². The van der Waals surface area contributed by atoms with Gasteiger partial charge in [-0.05, 0) is 24.3 Å². The van der Waals surface area contributed by atoms with Crippen molar-refractivity contribution >= 4 is 17.4 Å². The van der Waals surface area contributed by atoms with Gasteiger partial charge >= 0.3 is 0 Å². The molecule has 23 heavy (non-hydrogen) atoms. The number of nitrogens with zero attached hydrogens (tertiary/aromatic N) is 4. The minimum absolute atomic E-state index is 0.257. The number of benzene rings is 1. The number of anilines is 1. The fraction of sp³-hybridized carbons (Fsp3) is 0.188. The van der Waals surface area contributed by atoms with Crippen molar-refractivity contribution in [2.75, 3.05) is 18.0 Å². The standard InChI is InChI=1S/C16H13ClN4O2/c17-12-3-1-2-10(6-12)15-19-16(23-20-15)11-4-5-14(18-7-11)21-8-13(22)9-21/h1-7,13,22H,8-9H2. The van der Waals surface area contributed by atoms with Gasteiger partial charge in [-0.1, -0.05) is 28.9 Å². The number of aliphatic hydroxyl groups is 1. The van der Waals surface area contributed by atoms with Crippen molar-refractivity contribution in [2.24, 2.45) is 0 Å². The van der Waals surface area contributed by atoms with Gasteiger partial charge in [0.1, 0.15) is 5.82 Å². The van der Waals surface area contributed by atoms with Crippen LogP contribution in [-0.2, 0) is 0 Å². The fourth-order valence-corrected chi connectivity index (χ4v) is 2.62. The van der Waals surface area contributed by atoms with Crippen molar-refractivity contribution in [3.05, 3.63) is 47.6 Å². The van der Waals surface area contributed by atoms with E-state index in [2.05, 4.69) is 15.1 Å². The third-order valence-corrected chi connectivity index (χ3v) is 3.93. The zero-order valence-corrected chi connectivity index (χ0v) is 12.8. The normalized spacial score (nSPS) is 14.8. The summed E-state index contributed by atoms with van der Waals surface area (Å²) in [4.78, 5) is 10.8. The molecule has 1 N–H and O–H groups in total. The van der Waals surface area contributed by atoms with E-state index in [1.165, 1.54) is 0 Å². The van der Waals surface area contributed by atoms with Crippen LogP contribution < -0.4 is 4.90 Å². The summed E-state index contributed by atoms with van der Waals surface area (Å²) in [5.74, 6) is 1.72. The molecule has 1 fully saturated rings. The maximum atomic E-state index is 9.33. The highest BCUT2D eigenvalue weighted by molar-refractivity contribution is 6.30. The molecule has 0 saturated carbocycles. The third-order valence-electron chi connectivity index (χ3n) is 3.69. The molecule has 2 aromatic heterocycles. The van der Waals surface area contributed by atoms with Crippen LogP contribution in [0.1, 0.15) is 0 Å². The Morgan fingerprint density at radius 3 is 2.74 bits per heavy atom. The van der Waals surface area contributed by atoms with Gasteiger partial charge in [-0.15, -0.1) is 0 Å². The van der Waals surface area contributed by atoms with Gasteiger partial charge in [0.05, 0.1) is 11.7 Å². The fourth-order valence-electron chi connectivity index (χ4n) is 2.43. The molecule has 0 spiro atoms. The largest absolute Gasteiger partial charge is 0.389 e. The van der Waals surface area contributed by atoms with Crippen LogP contribution in [0.15, 0.2) is 47.1 Å². The molecular weight excluding hydrogens is 316 g/mol. The first kappa shape index (κ1) is 14.2. The molecule has 3 aromatic rings. The molecule has 7 heteroatoms. The van der Waals surface area contributed by atoms with Crippen molar-refractivity contribution in [3.8, 4) is 22.8 Å². The molecule has 0 unspecified atom stereocenters. The monoisotopic (exact) mass is 328 g/mol. The Morgan fingerprint density at radius 1 is 1.17 bits per heavy atom. The van der Waals surface area contributed by atoms with Gasteiger partial charge in [0.15, 0.2) is 0 Å². The van der Waals surface area contributed by atoms with E-state index in [4.69, 9.17) is 16.1 Å². The van der Waals surface area contributed by atoms with Crippen molar-refractivity contribution in [3.63, 3.8) is 0 Å². The molecule has 1 saturated heterocycles. The minimum Gasteiger partial charge on any atom is -0.389 e. The zero-order valence-electron chi connectivity index (χ0n) is 12.1. The van der Waals surface area contributed by atoms with Crippen LogP contribution in [0, 0.1) is 0 Å². The summed E-state index contributed by atoms with van der Waals surface area (Å²) >= 11 is 5.98. The van der Waals surface area contributed by atoms with Crippen LogP contribution in [0.4, 0.5) is 5.82 Å². The second-order valence-electron chi connectivity index (χ2n) is 5.40. The summed E-state index contributed by atoms with van der Waals surface area (Å²) in [6.45, 7) is 1.23. The average molecular weight is 329 g/mol. The first-order valence-corrected chi connectivity index (χ1v) is 7.56. The van der Waals surface area contributed by atoms with Gasteiger partial charge in [-0.2, -0.15) is 4.98 Å². The second-order valence-corrected chi connectivity index (χ2v) is 5.83. The number of pyridine rings is 1. The summed E-state index contributed by atoms with van der Waals surface area (Å²) in [6, 6.07) is 11.0. The smallest absolute Gasteiger partial charge is 0.259 e. The highest BCUT2D eigenvalue weighted by Gasteiger charge is 2.25. The molecule has 6 nitrogen and oxygen atoms in total. The molecule has 1 aliphatic heterocycles. The maximum absolute atomic E-state index is 9.33. The molecule has 116 valence electrons. The molecule has 0 bridgehead atoms. The minimum atomic E-state index is -0.257. The summed E-state index contributed by atoms with van der Waals surface area (Å²) in [5.41, 5.74) is 1.54. The average Bonchev–Trinajstić information content (AvgIpc) is 3.02. The SMILES string of the molecule is OC1CN(c2ccc(-c3nc(-c4cccc(Cl)c4)no3)cn2)C1. The molecule has 1 aliphatic rings. The van der Waals surface area contributed by atoms with Crippen LogP contribution in [0.2, 0.25) is 5.02 Å². The van der Waals surface area contributed by atoms with Crippen LogP contribution in [-0.4, -0.2) is 39.4 Å². The highest BCUT2D eigenvalue weighted by Crippen LogP contribution is 2.25. The van der Waals surface area contributed by atoms with Gasteiger partial charge < -0.3 is 14.5 Å². The maximum Gasteiger partial charge on any atom is 0.259 e. The topological polar surface area (TPSA) is 75.3 Å². The molecule has 0 aliphatic carbocycles. The van der Waals surface area contributed by atoms with Crippen molar-refractivity contribution in [2.45, 2.75) is 6.10 Å². The van der Waals surface area contributed by atoms with E-state index in [0.29, 0.717) is 29.8 Å². The predicted octanol–water partition coefficient (Wildman–Crippen LogP) is 2.63. The van der Waals surface area contributed by atoms with Crippen LogP contribution in [0.25, 0.3) is 22.8 Å². The number of rotatable bonds is 3. The number of aliphatic hydroxyl groups excluding tert-OH is 1.